The summed E-state index contributed by atoms with van der Waals surface area (Å²) in [6.07, 6.45) is 3.11. The van der Waals surface area contributed by atoms with Crippen LogP contribution < -0.4 is 21.7 Å². The Bertz CT molecular complexity index is 848. The predicted molar refractivity (Wildman–Crippen MR) is 126 cm³/mol. The molecule has 170 valence electrons. The number of amides is 3. The molecule has 0 bridgehead atoms. The monoisotopic (exact) mass is 469 g/mol. The molecule has 0 radical (unpaired) electrons. The second kappa shape index (κ2) is 13.6. The summed E-state index contributed by atoms with van der Waals surface area (Å²) in [5.74, 6) is -0.889. The lowest BCUT2D eigenvalue weighted by Crippen LogP contribution is -2.47. The minimum atomic E-state index is -0.643. The molecule has 1 aromatic carbocycles. The highest BCUT2D eigenvalue weighted by Gasteiger charge is 2.18. The molecule has 0 spiro atoms. The van der Waals surface area contributed by atoms with Crippen molar-refractivity contribution in [2.24, 2.45) is 11.7 Å². The van der Waals surface area contributed by atoms with Crippen molar-refractivity contribution in [1.82, 2.24) is 15.6 Å². The van der Waals surface area contributed by atoms with Crippen molar-refractivity contribution in [2.75, 3.05) is 11.9 Å². The summed E-state index contributed by atoms with van der Waals surface area (Å²) in [5.41, 5.74) is 7.77. The third-order valence-electron chi connectivity index (χ3n) is 4.43. The van der Waals surface area contributed by atoms with Crippen LogP contribution >= 0.6 is 24.8 Å². The molecule has 2 aromatic rings. The molecule has 0 saturated heterocycles. The molecular formula is C21H29Cl2N5O3. The number of benzene rings is 1. The molecule has 0 saturated carbocycles. The highest BCUT2D eigenvalue weighted by Crippen LogP contribution is 2.16. The molecule has 0 aliphatic rings. The number of carbonyl (C=O) groups excluding carboxylic acids is 3. The van der Waals surface area contributed by atoms with Gasteiger partial charge in [-0.2, -0.15) is 0 Å². The maximum atomic E-state index is 12.2. The van der Waals surface area contributed by atoms with Crippen LogP contribution in [0.5, 0.6) is 0 Å². The fourth-order valence-corrected chi connectivity index (χ4v) is 2.53. The lowest BCUT2D eigenvalue weighted by molar-refractivity contribution is -0.127. The molecule has 2 atom stereocenters. The first-order valence-corrected chi connectivity index (χ1v) is 9.42. The van der Waals surface area contributed by atoms with Gasteiger partial charge in [-0.3, -0.25) is 19.4 Å². The molecule has 1 aromatic heterocycles. The van der Waals surface area contributed by atoms with Crippen LogP contribution in [0.25, 0.3) is 0 Å². The number of aromatic nitrogens is 1. The molecule has 1 heterocycles. The van der Waals surface area contributed by atoms with E-state index in [9.17, 15) is 14.4 Å². The number of rotatable bonds is 8. The van der Waals surface area contributed by atoms with Crippen molar-refractivity contribution in [1.29, 1.82) is 0 Å². The predicted octanol–water partition coefficient (Wildman–Crippen LogP) is 2.45. The Morgan fingerprint density at radius 2 is 1.55 bits per heavy atom. The standard InChI is InChI=1S/C21H27N5O3.2ClH/c1-13(2)19(22)21(29)24-12-18(27)25-14(3)15-4-6-17(7-5-15)26-20(28)16-8-10-23-11-9-16;;/h4-11,13-14,19H,12,22H2,1-3H3,(H,24,29)(H,25,27)(H,26,28);2*1H/t14?,19-;;/m0../s1. The molecule has 0 aliphatic carbocycles. The summed E-state index contributed by atoms with van der Waals surface area (Å²) in [5, 5.41) is 8.16. The smallest absolute Gasteiger partial charge is 0.255 e. The fraction of sp³-hybridized carbons (Fsp3) is 0.333. The van der Waals surface area contributed by atoms with E-state index in [1.165, 1.54) is 0 Å². The van der Waals surface area contributed by atoms with Crippen LogP contribution in [0.4, 0.5) is 5.69 Å². The lowest BCUT2D eigenvalue weighted by atomic mass is 10.1. The van der Waals surface area contributed by atoms with Crippen molar-refractivity contribution in [3.05, 3.63) is 59.9 Å². The van der Waals surface area contributed by atoms with E-state index in [0.717, 1.165) is 5.56 Å². The summed E-state index contributed by atoms with van der Waals surface area (Å²) in [6.45, 7) is 5.39. The molecule has 0 fully saturated rings. The van der Waals surface area contributed by atoms with Gasteiger partial charge in [0, 0.05) is 23.6 Å². The maximum absolute atomic E-state index is 12.2. The third-order valence-corrected chi connectivity index (χ3v) is 4.43. The highest BCUT2D eigenvalue weighted by molar-refractivity contribution is 6.04. The zero-order chi connectivity index (χ0) is 21.4. The van der Waals surface area contributed by atoms with Crippen molar-refractivity contribution < 1.29 is 14.4 Å². The second-order valence-corrected chi connectivity index (χ2v) is 7.09. The van der Waals surface area contributed by atoms with E-state index >= 15 is 0 Å². The summed E-state index contributed by atoms with van der Waals surface area (Å²) >= 11 is 0. The fourth-order valence-electron chi connectivity index (χ4n) is 2.53. The first kappa shape index (κ1) is 28.3. The molecule has 1 unspecified atom stereocenters. The van der Waals surface area contributed by atoms with Crippen LogP contribution in [0.1, 0.15) is 42.7 Å². The van der Waals surface area contributed by atoms with E-state index in [1.54, 1.807) is 36.7 Å². The Kier molecular flexibility index (Phi) is 12.4. The Hall–Kier alpha value is -2.68. The summed E-state index contributed by atoms with van der Waals surface area (Å²) in [7, 11) is 0. The van der Waals surface area contributed by atoms with Gasteiger partial charge in [0.1, 0.15) is 0 Å². The van der Waals surface area contributed by atoms with E-state index in [4.69, 9.17) is 5.73 Å². The van der Waals surface area contributed by atoms with Crippen molar-refractivity contribution in [3.8, 4) is 0 Å². The molecule has 0 aliphatic heterocycles. The quantitative estimate of drug-likeness (QED) is 0.472. The average Bonchev–Trinajstić information content (AvgIpc) is 2.72. The highest BCUT2D eigenvalue weighted by atomic mass is 35.5. The Balaban J connectivity index is 0.00000450. The second-order valence-electron chi connectivity index (χ2n) is 7.09. The molecule has 8 nitrogen and oxygen atoms in total. The molecular weight excluding hydrogens is 441 g/mol. The van der Waals surface area contributed by atoms with E-state index < -0.39 is 6.04 Å². The van der Waals surface area contributed by atoms with E-state index in [0.29, 0.717) is 11.3 Å². The first-order valence-electron chi connectivity index (χ1n) is 9.42. The zero-order valence-corrected chi connectivity index (χ0v) is 19.3. The minimum absolute atomic E-state index is 0. The van der Waals surface area contributed by atoms with Crippen LogP contribution in [0.15, 0.2) is 48.8 Å². The summed E-state index contributed by atoms with van der Waals surface area (Å²) in [4.78, 5) is 39.9. The first-order chi connectivity index (χ1) is 13.8. The van der Waals surface area contributed by atoms with Gasteiger partial charge in [0.15, 0.2) is 0 Å². The number of nitrogens with one attached hydrogen (secondary N) is 3. The Morgan fingerprint density at radius 3 is 2.10 bits per heavy atom. The van der Waals surface area contributed by atoms with Gasteiger partial charge in [-0.1, -0.05) is 26.0 Å². The Morgan fingerprint density at radius 1 is 0.968 bits per heavy atom. The van der Waals surface area contributed by atoms with Crippen molar-refractivity contribution in [3.63, 3.8) is 0 Å². The van der Waals surface area contributed by atoms with Crippen LogP contribution in [-0.2, 0) is 9.59 Å². The number of pyridine rings is 1. The molecule has 3 amide bonds. The number of halogens is 2. The van der Waals surface area contributed by atoms with Crippen LogP contribution in [0, 0.1) is 5.92 Å². The molecule has 2 rings (SSSR count). The number of carbonyl (C=O) groups is 3. The van der Waals surface area contributed by atoms with Gasteiger partial charge < -0.3 is 21.7 Å². The summed E-state index contributed by atoms with van der Waals surface area (Å²) in [6, 6.07) is 9.53. The minimum Gasteiger partial charge on any atom is -0.348 e. The number of hydrogen-bond acceptors (Lipinski definition) is 5. The van der Waals surface area contributed by atoms with E-state index in [2.05, 4.69) is 20.9 Å². The average molecular weight is 470 g/mol. The Labute approximate surface area is 194 Å². The van der Waals surface area contributed by atoms with Crippen molar-refractivity contribution >= 4 is 48.2 Å². The van der Waals surface area contributed by atoms with Gasteiger partial charge >= 0.3 is 0 Å². The summed E-state index contributed by atoms with van der Waals surface area (Å²) < 4.78 is 0. The van der Waals surface area contributed by atoms with Crippen LogP contribution in [0.2, 0.25) is 0 Å². The third kappa shape index (κ3) is 8.92. The normalized spacial score (nSPS) is 11.9. The topological polar surface area (TPSA) is 126 Å². The number of anilines is 1. The SMILES string of the molecule is CC(NC(=O)CNC(=O)[C@@H](N)C(C)C)c1ccc(NC(=O)c2ccncc2)cc1.Cl.Cl. The van der Waals surface area contributed by atoms with Gasteiger partial charge in [0.05, 0.1) is 18.6 Å². The zero-order valence-electron chi connectivity index (χ0n) is 17.6. The number of nitrogens with two attached hydrogens (primary N) is 1. The molecule has 5 N–H and O–H groups in total. The van der Waals surface area contributed by atoms with Crippen LogP contribution in [-0.4, -0.2) is 35.3 Å². The van der Waals surface area contributed by atoms with Gasteiger partial charge in [-0.05, 0) is 42.7 Å². The van der Waals surface area contributed by atoms with E-state index in [1.807, 2.05) is 32.9 Å². The number of hydrogen-bond donors (Lipinski definition) is 4. The maximum Gasteiger partial charge on any atom is 0.255 e. The van der Waals surface area contributed by atoms with Gasteiger partial charge in [-0.15, -0.1) is 24.8 Å². The lowest BCUT2D eigenvalue weighted by Gasteiger charge is -2.17. The largest absolute Gasteiger partial charge is 0.348 e. The van der Waals surface area contributed by atoms with Gasteiger partial charge in [-0.25, -0.2) is 0 Å². The molecule has 10 heteroatoms. The van der Waals surface area contributed by atoms with Crippen LogP contribution in [0.3, 0.4) is 0 Å². The van der Waals surface area contributed by atoms with Gasteiger partial charge in [0.25, 0.3) is 5.91 Å². The number of nitrogens with zero attached hydrogens (tertiary/aromatic N) is 1. The van der Waals surface area contributed by atoms with E-state index in [-0.39, 0.29) is 61.0 Å². The molecule has 31 heavy (non-hydrogen) atoms. The van der Waals surface area contributed by atoms with Gasteiger partial charge in [0.2, 0.25) is 11.8 Å². The van der Waals surface area contributed by atoms with Crippen molar-refractivity contribution in [2.45, 2.75) is 32.9 Å².